The van der Waals surface area contributed by atoms with E-state index in [1.54, 1.807) is 42.5 Å². The second kappa shape index (κ2) is 4.73. The Kier molecular flexibility index (Phi) is 2.89. The molecule has 0 aromatic heterocycles. The third-order valence-corrected chi connectivity index (χ3v) is 3.26. The van der Waals surface area contributed by atoms with Gasteiger partial charge in [-0.3, -0.25) is 14.4 Å². The molecule has 1 aliphatic carbocycles. The zero-order valence-electron chi connectivity index (χ0n) is 10.8. The number of hydrogen-bond donors (Lipinski definition) is 1. The van der Waals surface area contributed by atoms with Crippen LogP contribution in [0.3, 0.4) is 0 Å². The van der Waals surface area contributed by atoms with E-state index in [9.17, 15) is 14.4 Å². The molecule has 1 amide bonds. The zero-order valence-corrected chi connectivity index (χ0v) is 10.8. The van der Waals surface area contributed by atoms with Crippen LogP contribution in [0, 0.1) is 11.8 Å². The van der Waals surface area contributed by atoms with E-state index in [0.29, 0.717) is 27.8 Å². The molecule has 0 heterocycles. The Morgan fingerprint density at radius 2 is 1.48 bits per heavy atom. The molecule has 2 aromatic rings. The highest BCUT2D eigenvalue weighted by molar-refractivity contribution is 6.53. The van der Waals surface area contributed by atoms with Crippen molar-refractivity contribution in [3.63, 3.8) is 0 Å². The van der Waals surface area contributed by atoms with Gasteiger partial charge in [-0.1, -0.05) is 30.2 Å². The van der Waals surface area contributed by atoms with Crippen molar-refractivity contribution in [2.45, 2.75) is 0 Å². The van der Waals surface area contributed by atoms with Gasteiger partial charge in [0.2, 0.25) is 11.6 Å². The van der Waals surface area contributed by atoms with Crippen LogP contribution in [0.25, 0.3) is 11.1 Å². The van der Waals surface area contributed by atoms with Crippen molar-refractivity contribution in [2.24, 2.45) is 5.73 Å². The van der Waals surface area contributed by atoms with Crippen molar-refractivity contribution in [2.75, 3.05) is 0 Å². The highest BCUT2D eigenvalue weighted by Gasteiger charge is 2.29. The lowest BCUT2D eigenvalue weighted by molar-refractivity contribution is -0.112. The van der Waals surface area contributed by atoms with E-state index in [1.165, 1.54) is 0 Å². The number of benzene rings is 2. The average Bonchev–Trinajstić information content (AvgIpc) is 2.50. The van der Waals surface area contributed by atoms with Crippen LogP contribution >= 0.6 is 0 Å². The maximum absolute atomic E-state index is 12.1. The summed E-state index contributed by atoms with van der Waals surface area (Å²) >= 11 is 0. The van der Waals surface area contributed by atoms with Gasteiger partial charge in [-0.25, -0.2) is 0 Å². The van der Waals surface area contributed by atoms with Crippen LogP contribution in [0.5, 0.6) is 0 Å². The van der Waals surface area contributed by atoms with Gasteiger partial charge in [0.1, 0.15) is 0 Å². The second-order valence-corrected chi connectivity index (χ2v) is 4.58. The summed E-state index contributed by atoms with van der Waals surface area (Å²) in [6, 6.07) is 11.8. The topological polar surface area (TPSA) is 77.2 Å². The van der Waals surface area contributed by atoms with E-state index in [2.05, 4.69) is 11.8 Å². The van der Waals surface area contributed by atoms with Gasteiger partial charge in [-0.2, -0.15) is 0 Å². The van der Waals surface area contributed by atoms with Gasteiger partial charge < -0.3 is 5.73 Å². The summed E-state index contributed by atoms with van der Waals surface area (Å²) in [6.07, 6.45) is 0. The van der Waals surface area contributed by atoms with Crippen LogP contribution < -0.4 is 5.73 Å². The molecule has 4 nitrogen and oxygen atoms in total. The standard InChI is InChI=1S/C17H9NO3/c18-15(19)8-6-10-5-7-13-14(9-10)11-3-1-2-4-12(11)16(20)17(13)21/h1-5,7,9H,(H2,18,19). The SMILES string of the molecule is NC(=O)C#Cc1ccc2c(c1)-c1ccccc1C(=O)C2=O. The molecule has 4 heteroatoms. The summed E-state index contributed by atoms with van der Waals surface area (Å²) in [5.41, 5.74) is 7.62. The maximum Gasteiger partial charge on any atom is 0.293 e. The van der Waals surface area contributed by atoms with Crippen molar-refractivity contribution in [3.8, 4) is 23.0 Å². The first-order valence-corrected chi connectivity index (χ1v) is 6.22. The minimum atomic E-state index is -0.723. The van der Waals surface area contributed by atoms with Gasteiger partial charge in [0.25, 0.3) is 5.91 Å². The quantitative estimate of drug-likeness (QED) is 0.585. The molecule has 0 spiro atoms. The highest BCUT2D eigenvalue weighted by atomic mass is 16.2. The monoisotopic (exact) mass is 275 g/mol. The number of nitrogens with two attached hydrogens (primary N) is 1. The Labute approximate surface area is 120 Å². The number of hydrogen-bond acceptors (Lipinski definition) is 3. The van der Waals surface area contributed by atoms with Crippen LogP contribution in [0.15, 0.2) is 42.5 Å². The maximum atomic E-state index is 12.1. The number of carbonyl (C=O) groups excluding carboxylic acids is 3. The van der Waals surface area contributed by atoms with Gasteiger partial charge in [-0.05, 0) is 35.2 Å². The first-order valence-electron chi connectivity index (χ1n) is 6.22. The summed E-state index contributed by atoms with van der Waals surface area (Å²) in [5.74, 6) is 3.12. The minimum Gasteiger partial charge on any atom is -0.359 e. The predicted octanol–water partition coefficient (Wildman–Crippen LogP) is 1.57. The Balaban J connectivity index is 2.23. The molecule has 0 unspecified atom stereocenters. The second-order valence-electron chi connectivity index (χ2n) is 4.58. The minimum absolute atomic E-state index is 0.350. The largest absolute Gasteiger partial charge is 0.359 e. The first-order chi connectivity index (χ1) is 10.1. The third-order valence-electron chi connectivity index (χ3n) is 3.26. The number of fused-ring (bicyclic) bond motifs is 3. The van der Waals surface area contributed by atoms with Crippen molar-refractivity contribution in [3.05, 3.63) is 59.2 Å². The number of rotatable bonds is 0. The van der Waals surface area contributed by atoms with Gasteiger partial charge in [0.05, 0.1) is 0 Å². The van der Waals surface area contributed by atoms with Crippen LogP contribution in [0.2, 0.25) is 0 Å². The van der Waals surface area contributed by atoms with Crippen LogP contribution in [-0.2, 0) is 4.79 Å². The van der Waals surface area contributed by atoms with Gasteiger partial charge in [0, 0.05) is 16.7 Å². The molecule has 2 N–H and O–H groups in total. The molecule has 1 aliphatic rings. The lowest BCUT2D eigenvalue weighted by Crippen LogP contribution is -2.21. The van der Waals surface area contributed by atoms with E-state index in [0.717, 1.165) is 0 Å². The van der Waals surface area contributed by atoms with Crippen LogP contribution in [0.1, 0.15) is 26.3 Å². The fourth-order valence-corrected chi connectivity index (χ4v) is 2.34. The zero-order chi connectivity index (χ0) is 15.0. The van der Waals surface area contributed by atoms with E-state index in [1.807, 2.05) is 0 Å². The summed E-state index contributed by atoms with van der Waals surface area (Å²) in [7, 11) is 0. The molecule has 0 fully saturated rings. The number of amides is 1. The number of ketones is 2. The molecule has 0 atom stereocenters. The lowest BCUT2D eigenvalue weighted by atomic mass is 9.83. The Hall–Kier alpha value is -3.19. The third kappa shape index (κ3) is 2.11. The predicted molar refractivity (Wildman–Crippen MR) is 76.6 cm³/mol. The summed E-state index contributed by atoms with van der Waals surface area (Å²) in [5, 5.41) is 0. The summed E-state index contributed by atoms with van der Waals surface area (Å²) < 4.78 is 0. The number of carbonyl (C=O) groups is 3. The lowest BCUT2D eigenvalue weighted by Gasteiger charge is -2.17. The van der Waals surface area contributed by atoms with Crippen molar-refractivity contribution >= 4 is 17.5 Å². The fraction of sp³-hybridized carbons (Fsp3) is 0. The molecule has 0 radical (unpaired) electrons. The molecule has 2 aromatic carbocycles. The normalized spacial score (nSPS) is 12.0. The molecule has 21 heavy (non-hydrogen) atoms. The van der Waals surface area contributed by atoms with Crippen molar-refractivity contribution in [1.29, 1.82) is 0 Å². The Bertz CT molecular complexity index is 869. The van der Waals surface area contributed by atoms with Crippen molar-refractivity contribution in [1.82, 2.24) is 0 Å². The van der Waals surface area contributed by atoms with Crippen LogP contribution in [0.4, 0.5) is 0 Å². The Morgan fingerprint density at radius 1 is 0.857 bits per heavy atom. The smallest absolute Gasteiger partial charge is 0.293 e. The number of Topliss-reactive ketones (excluding diaryl/α,β-unsaturated/α-hetero) is 2. The molecule has 100 valence electrons. The molecular formula is C17H9NO3. The van der Waals surface area contributed by atoms with E-state index in [4.69, 9.17) is 5.73 Å². The molecule has 0 saturated carbocycles. The molecule has 0 aliphatic heterocycles. The first kappa shape index (κ1) is 12.8. The Morgan fingerprint density at radius 3 is 2.14 bits per heavy atom. The summed E-state index contributed by atoms with van der Waals surface area (Å²) in [6.45, 7) is 0. The highest BCUT2D eigenvalue weighted by Crippen LogP contribution is 2.33. The molecular weight excluding hydrogens is 266 g/mol. The van der Waals surface area contributed by atoms with Gasteiger partial charge in [-0.15, -0.1) is 0 Å². The average molecular weight is 275 g/mol. The molecule has 3 rings (SSSR count). The molecule has 0 bridgehead atoms. The fourth-order valence-electron chi connectivity index (χ4n) is 2.34. The van der Waals surface area contributed by atoms with Gasteiger partial charge in [0.15, 0.2) is 0 Å². The van der Waals surface area contributed by atoms with Crippen LogP contribution in [-0.4, -0.2) is 17.5 Å². The van der Waals surface area contributed by atoms with E-state index < -0.39 is 17.5 Å². The summed E-state index contributed by atoms with van der Waals surface area (Å²) in [4.78, 5) is 34.8. The van der Waals surface area contributed by atoms with Crippen molar-refractivity contribution < 1.29 is 14.4 Å². The van der Waals surface area contributed by atoms with Gasteiger partial charge >= 0.3 is 0 Å². The van der Waals surface area contributed by atoms with E-state index >= 15 is 0 Å². The number of primary amides is 1. The molecule has 0 saturated heterocycles. The van der Waals surface area contributed by atoms with E-state index in [-0.39, 0.29) is 0 Å².